The number of rotatable bonds is 4. The Kier molecular flexibility index (Phi) is 4.22. The fourth-order valence-corrected chi connectivity index (χ4v) is 1.60. The Hall–Kier alpha value is -0.570. The van der Waals surface area contributed by atoms with Crippen LogP contribution in [0.4, 0.5) is 0 Å². The van der Waals surface area contributed by atoms with E-state index in [9.17, 15) is 4.79 Å². The highest BCUT2D eigenvalue weighted by atomic mass is 16.5. The minimum Gasteiger partial charge on any atom is -0.462 e. The third-order valence-electron chi connectivity index (χ3n) is 2.55. The molecule has 3 heteroatoms. The molecule has 1 N–H and O–H groups in total. The number of carbonyl (C=O) groups excluding carboxylic acids is 1. The first-order chi connectivity index (χ1) is 6.24. The molecule has 1 saturated carbocycles. The van der Waals surface area contributed by atoms with Gasteiger partial charge >= 0.3 is 5.97 Å². The molecule has 1 aliphatic rings. The highest BCUT2D eigenvalue weighted by Crippen LogP contribution is 2.22. The molecule has 1 fully saturated rings. The smallest absolute Gasteiger partial charge is 0.309 e. The lowest BCUT2D eigenvalue weighted by atomic mass is 10.1. The average molecular weight is 186 g/mol. The third-order valence-corrected chi connectivity index (χ3v) is 2.55. The van der Waals surface area contributed by atoms with Crippen LogP contribution in [0.5, 0.6) is 0 Å². The Morgan fingerprint density at radius 1 is 1.54 bits per heavy atom. The maximum atomic E-state index is 11.4. The van der Waals surface area contributed by atoms with Crippen molar-refractivity contribution in [2.45, 2.75) is 45.1 Å². The Labute approximate surface area is 79.1 Å². The molecule has 0 amide bonds. The van der Waals surface area contributed by atoms with Crippen LogP contribution in [0.25, 0.3) is 0 Å². The molecule has 1 aliphatic carbocycles. The predicted molar refractivity (Wildman–Crippen MR) is 49.2 cm³/mol. The zero-order chi connectivity index (χ0) is 9.68. The molecule has 0 saturated heterocycles. The summed E-state index contributed by atoms with van der Waals surface area (Å²) in [7, 11) is 0. The maximum absolute atomic E-state index is 11.4. The van der Waals surface area contributed by atoms with E-state index in [2.05, 4.69) is 0 Å². The molecule has 0 aromatic rings. The van der Waals surface area contributed by atoms with Gasteiger partial charge in [-0.3, -0.25) is 4.79 Å². The van der Waals surface area contributed by atoms with Gasteiger partial charge in [-0.2, -0.15) is 0 Å². The number of aliphatic hydroxyl groups is 1. The van der Waals surface area contributed by atoms with Crippen molar-refractivity contribution in [1.29, 1.82) is 0 Å². The molecule has 0 bridgehead atoms. The summed E-state index contributed by atoms with van der Waals surface area (Å²) in [5, 5.41) is 8.64. The molecule has 76 valence electrons. The molecule has 0 spiro atoms. The van der Waals surface area contributed by atoms with Crippen molar-refractivity contribution in [2.75, 3.05) is 6.61 Å². The van der Waals surface area contributed by atoms with E-state index in [1.165, 1.54) is 12.8 Å². The van der Waals surface area contributed by atoms with Crippen LogP contribution in [0.1, 0.15) is 39.0 Å². The fourth-order valence-electron chi connectivity index (χ4n) is 1.60. The average Bonchev–Trinajstić information content (AvgIpc) is 2.57. The molecule has 1 rings (SSSR count). The van der Waals surface area contributed by atoms with Crippen molar-refractivity contribution in [2.24, 2.45) is 5.92 Å². The van der Waals surface area contributed by atoms with Gasteiger partial charge in [0.1, 0.15) is 6.10 Å². The first-order valence-corrected chi connectivity index (χ1v) is 5.05. The van der Waals surface area contributed by atoms with Gasteiger partial charge in [0.2, 0.25) is 0 Å². The SMILES string of the molecule is C[C@H](CCO)C(=O)OC1CCCC1. The summed E-state index contributed by atoms with van der Waals surface area (Å²) in [6, 6.07) is 0. The highest BCUT2D eigenvalue weighted by molar-refractivity contribution is 5.72. The van der Waals surface area contributed by atoms with E-state index in [0.29, 0.717) is 6.42 Å². The summed E-state index contributed by atoms with van der Waals surface area (Å²) in [6.45, 7) is 1.86. The van der Waals surface area contributed by atoms with E-state index in [4.69, 9.17) is 9.84 Å². The predicted octanol–water partition coefficient (Wildman–Crippen LogP) is 1.49. The topological polar surface area (TPSA) is 46.5 Å². The van der Waals surface area contributed by atoms with Gasteiger partial charge in [0.05, 0.1) is 5.92 Å². The van der Waals surface area contributed by atoms with Gasteiger partial charge in [-0.05, 0) is 32.1 Å². The Balaban J connectivity index is 2.22. The van der Waals surface area contributed by atoms with E-state index >= 15 is 0 Å². The Bertz CT molecular complexity index is 162. The van der Waals surface area contributed by atoms with E-state index in [1.807, 2.05) is 0 Å². The van der Waals surface area contributed by atoms with Crippen molar-refractivity contribution in [3.8, 4) is 0 Å². The first kappa shape index (κ1) is 10.5. The minimum atomic E-state index is -0.161. The molecule has 3 nitrogen and oxygen atoms in total. The van der Waals surface area contributed by atoms with Gasteiger partial charge in [0.25, 0.3) is 0 Å². The summed E-state index contributed by atoms with van der Waals surface area (Å²) in [5.74, 6) is -0.313. The third kappa shape index (κ3) is 3.35. The summed E-state index contributed by atoms with van der Waals surface area (Å²) < 4.78 is 5.28. The van der Waals surface area contributed by atoms with Crippen molar-refractivity contribution in [3.05, 3.63) is 0 Å². The number of carbonyl (C=O) groups is 1. The van der Waals surface area contributed by atoms with Gasteiger partial charge in [0.15, 0.2) is 0 Å². The van der Waals surface area contributed by atoms with Gasteiger partial charge in [-0.15, -0.1) is 0 Å². The van der Waals surface area contributed by atoms with Crippen LogP contribution in [0.15, 0.2) is 0 Å². The van der Waals surface area contributed by atoms with Gasteiger partial charge in [0, 0.05) is 6.61 Å². The van der Waals surface area contributed by atoms with Crippen LogP contribution >= 0.6 is 0 Å². The van der Waals surface area contributed by atoms with Crippen LogP contribution in [0.2, 0.25) is 0 Å². The van der Waals surface area contributed by atoms with Crippen LogP contribution in [-0.2, 0) is 9.53 Å². The van der Waals surface area contributed by atoms with E-state index < -0.39 is 0 Å². The normalized spacial score (nSPS) is 20.2. The summed E-state index contributed by atoms with van der Waals surface area (Å²) in [4.78, 5) is 11.4. The van der Waals surface area contributed by atoms with Gasteiger partial charge < -0.3 is 9.84 Å². The van der Waals surface area contributed by atoms with E-state index in [-0.39, 0.29) is 24.6 Å². The van der Waals surface area contributed by atoms with Crippen molar-refractivity contribution < 1.29 is 14.6 Å². The highest BCUT2D eigenvalue weighted by Gasteiger charge is 2.22. The lowest BCUT2D eigenvalue weighted by Gasteiger charge is -2.14. The van der Waals surface area contributed by atoms with Crippen molar-refractivity contribution in [1.82, 2.24) is 0 Å². The molecule has 0 unspecified atom stereocenters. The zero-order valence-electron chi connectivity index (χ0n) is 8.16. The number of esters is 1. The Morgan fingerprint density at radius 2 is 2.15 bits per heavy atom. The van der Waals surface area contributed by atoms with E-state index in [0.717, 1.165) is 12.8 Å². The van der Waals surface area contributed by atoms with E-state index in [1.54, 1.807) is 6.92 Å². The monoisotopic (exact) mass is 186 g/mol. The van der Waals surface area contributed by atoms with Crippen LogP contribution in [0, 0.1) is 5.92 Å². The standard InChI is InChI=1S/C10H18O3/c1-8(6-7-11)10(12)13-9-4-2-3-5-9/h8-9,11H,2-7H2,1H3/t8-/m1/s1. The molecule has 13 heavy (non-hydrogen) atoms. The molecule has 0 aromatic carbocycles. The van der Waals surface area contributed by atoms with Crippen LogP contribution < -0.4 is 0 Å². The number of hydrogen-bond acceptors (Lipinski definition) is 3. The number of ether oxygens (including phenoxy) is 1. The molecule has 0 aromatic heterocycles. The lowest BCUT2D eigenvalue weighted by Crippen LogP contribution is -2.21. The van der Waals surface area contributed by atoms with Crippen LogP contribution in [0.3, 0.4) is 0 Å². The summed E-state index contributed by atoms with van der Waals surface area (Å²) >= 11 is 0. The van der Waals surface area contributed by atoms with Crippen molar-refractivity contribution >= 4 is 5.97 Å². The maximum Gasteiger partial charge on any atom is 0.309 e. The fraction of sp³-hybridized carbons (Fsp3) is 0.900. The molecule has 1 atom stereocenters. The zero-order valence-corrected chi connectivity index (χ0v) is 8.16. The number of aliphatic hydroxyl groups excluding tert-OH is 1. The van der Waals surface area contributed by atoms with Crippen molar-refractivity contribution in [3.63, 3.8) is 0 Å². The molecule has 0 heterocycles. The van der Waals surface area contributed by atoms with Crippen LogP contribution in [-0.4, -0.2) is 23.8 Å². The minimum absolute atomic E-state index is 0.0565. The van der Waals surface area contributed by atoms with Gasteiger partial charge in [-0.25, -0.2) is 0 Å². The second-order valence-corrected chi connectivity index (χ2v) is 3.76. The summed E-state index contributed by atoms with van der Waals surface area (Å²) in [6.07, 6.45) is 5.02. The molecule has 0 aliphatic heterocycles. The Morgan fingerprint density at radius 3 is 2.69 bits per heavy atom. The quantitative estimate of drug-likeness (QED) is 0.677. The molecule has 0 radical (unpaired) electrons. The number of hydrogen-bond donors (Lipinski definition) is 1. The largest absolute Gasteiger partial charge is 0.462 e. The second-order valence-electron chi connectivity index (χ2n) is 3.76. The second kappa shape index (κ2) is 5.22. The lowest BCUT2D eigenvalue weighted by molar-refractivity contribution is -0.153. The molecular weight excluding hydrogens is 168 g/mol. The first-order valence-electron chi connectivity index (χ1n) is 5.05. The summed E-state index contributed by atoms with van der Waals surface area (Å²) in [5.41, 5.74) is 0. The molecular formula is C10H18O3. The van der Waals surface area contributed by atoms with Gasteiger partial charge in [-0.1, -0.05) is 6.92 Å².